The lowest BCUT2D eigenvalue weighted by molar-refractivity contribution is 0.311. The molecule has 0 aliphatic carbocycles. The first-order chi connectivity index (χ1) is 10.1. The van der Waals surface area contributed by atoms with E-state index in [9.17, 15) is 4.39 Å². The Labute approximate surface area is 123 Å². The Bertz CT molecular complexity index is 638. The molecule has 0 N–H and O–H groups in total. The van der Waals surface area contributed by atoms with Crippen molar-refractivity contribution < 1.29 is 4.39 Å². The summed E-state index contributed by atoms with van der Waals surface area (Å²) in [5.74, 6) is 0.931. The molecule has 21 heavy (non-hydrogen) atoms. The Morgan fingerprint density at radius 3 is 2.57 bits per heavy atom. The predicted molar refractivity (Wildman–Crippen MR) is 79.7 cm³/mol. The highest BCUT2D eigenvalue weighted by molar-refractivity contribution is 5.56. The van der Waals surface area contributed by atoms with Gasteiger partial charge in [-0.3, -0.25) is 0 Å². The van der Waals surface area contributed by atoms with Gasteiger partial charge in [0, 0.05) is 31.7 Å². The van der Waals surface area contributed by atoms with Gasteiger partial charge in [0.2, 0.25) is 5.95 Å². The van der Waals surface area contributed by atoms with Crippen LogP contribution in [0.3, 0.4) is 0 Å². The third-order valence-electron chi connectivity index (χ3n) is 3.78. The lowest BCUT2D eigenvalue weighted by Gasteiger charge is -2.32. The summed E-state index contributed by atoms with van der Waals surface area (Å²) >= 11 is 0. The first kappa shape index (κ1) is 13.9. The molecule has 1 aromatic heterocycles. The van der Waals surface area contributed by atoms with Crippen molar-refractivity contribution in [2.75, 3.05) is 38.1 Å². The van der Waals surface area contributed by atoms with Crippen LogP contribution in [0.15, 0.2) is 24.5 Å². The zero-order valence-electron chi connectivity index (χ0n) is 12.3. The SMILES string of the molecule is Cc1ccc(-c2ncnc(N3CCN(C)CC3)n2)cc1F. The molecule has 5 nitrogen and oxygen atoms in total. The van der Waals surface area contributed by atoms with Crippen LogP contribution in [0.5, 0.6) is 0 Å². The molecule has 1 fully saturated rings. The Morgan fingerprint density at radius 2 is 1.86 bits per heavy atom. The van der Waals surface area contributed by atoms with E-state index < -0.39 is 0 Å². The number of rotatable bonds is 2. The molecule has 0 bridgehead atoms. The average molecular weight is 287 g/mol. The minimum atomic E-state index is -0.242. The summed E-state index contributed by atoms with van der Waals surface area (Å²) in [6.45, 7) is 5.49. The van der Waals surface area contributed by atoms with E-state index >= 15 is 0 Å². The van der Waals surface area contributed by atoms with Gasteiger partial charge in [-0.05, 0) is 25.6 Å². The van der Waals surface area contributed by atoms with Crippen LogP contribution in [-0.4, -0.2) is 53.1 Å². The normalized spacial score (nSPS) is 16.2. The molecule has 2 heterocycles. The van der Waals surface area contributed by atoms with Gasteiger partial charge in [0.15, 0.2) is 5.82 Å². The second kappa shape index (κ2) is 5.73. The number of aromatic nitrogens is 3. The highest BCUT2D eigenvalue weighted by atomic mass is 19.1. The highest BCUT2D eigenvalue weighted by Crippen LogP contribution is 2.20. The molecular formula is C15H18FN5. The molecule has 0 unspecified atom stereocenters. The Morgan fingerprint density at radius 1 is 1.10 bits per heavy atom. The summed E-state index contributed by atoms with van der Waals surface area (Å²) in [7, 11) is 2.10. The first-order valence-corrected chi connectivity index (χ1v) is 7.02. The number of anilines is 1. The maximum Gasteiger partial charge on any atom is 0.228 e. The van der Waals surface area contributed by atoms with Gasteiger partial charge in [-0.15, -0.1) is 0 Å². The molecule has 0 atom stereocenters. The molecule has 0 spiro atoms. The maximum atomic E-state index is 13.7. The predicted octanol–water partition coefficient (Wildman–Crippen LogP) is 1.74. The third-order valence-corrected chi connectivity index (χ3v) is 3.78. The summed E-state index contributed by atoms with van der Waals surface area (Å²) < 4.78 is 13.7. The quantitative estimate of drug-likeness (QED) is 0.842. The Hall–Kier alpha value is -2.08. The molecule has 1 aliphatic rings. The Kier molecular flexibility index (Phi) is 3.79. The van der Waals surface area contributed by atoms with Crippen LogP contribution in [0.4, 0.5) is 10.3 Å². The molecular weight excluding hydrogens is 269 g/mol. The van der Waals surface area contributed by atoms with Crippen molar-refractivity contribution in [3.8, 4) is 11.4 Å². The monoisotopic (exact) mass is 287 g/mol. The fourth-order valence-corrected chi connectivity index (χ4v) is 2.32. The third kappa shape index (κ3) is 3.00. The van der Waals surface area contributed by atoms with Crippen molar-refractivity contribution in [3.63, 3.8) is 0 Å². The summed E-state index contributed by atoms with van der Waals surface area (Å²) in [6.07, 6.45) is 1.49. The fourth-order valence-electron chi connectivity index (χ4n) is 2.32. The summed E-state index contributed by atoms with van der Waals surface area (Å²) in [4.78, 5) is 17.3. The molecule has 110 valence electrons. The van der Waals surface area contributed by atoms with Crippen LogP contribution in [0.1, 0.15) is 5.56 Å². The van der Waals surface area contributed by atoms with Gasteiger partial charge in [-0.25, -0.2) is 14.4 Å². The van der Waals surface area contributed by atoms with Crippen molar-refractivity contribution in [1.29, 1.82) is 0 Å². The van der Waals surface area contributed by atoms with Crippen LogP contribution in [0, 0.1) is 12.7 Å². The molecule has 0 radical (unpaired) electrons. The lowest BCUT2D eigenvalue weighted by atomic mass is 10.1. The van der Waals surface area contributed by atoms with Gasteiger partial charge in [-0.2, -0.15) is 4.98 Å². The van der Waals surface area contributed by atoms with E-state index in [2.05, 4.69) is 31.8 Å². The van der Waals surface area contributed by atoms with Gasteiger partial charge in [-0.1, -0.05) is 12.1 Å². The molecule has 2 aromatic rings. The fraction of sp³-hybridized carbons (Fsp3) is 0.400. The van der Waals surface area contributed by atoms with Crippen molar-refractivity contribution >= 4 is 5.95 Å². The molecule has 6 heteroatoms. The summed E-state index contributed by atoms with van der Waals surface area (Å²) in [6, 6.07) is 5.05. The molecule has 0 saturated carbocycles. The minimum Gasteiger partial charge on any atom is -0.338 e. The second-order valence-electron chi connectivity index (χ2n) is 5.36. The number of likely N-dealkylation sites (N-methyl/N-ethyl adjacent to an activating group) is 1. The van der Waals surface area contributed by atoms with E-state index in [0.29, 0.717) is 22.9 Å². The molecule has 1 aliphatic heterocycles. The van der Waals surface area contributed by atoms with Crippen LogP contribution < -0.4 is 4.90 Å². The molecule has 0 amide bonds. The van der Waals surface area contributed by atoms with Crippen molar-refractivity contribution in [3.05, 3.63) is 35.9 Å². The van der Waals surface area contributed by atoms with E-state index in [1.54, 1.807) is 13.0 Å². The highest BCUT2D eigenvalue weighted by Gasteiger charge is 2.17. The zero-order chi connectivity index (χ0) is 14.8. The zero-order valence-corrected chi connectivity index (χ0v) is 12.3. The number of aryl methyl sites for hydroxylation is 1. The number of hydrogen-bond donors (Lipinski definition) is 0. The largest absolute Gasteiger partial charge is 0.338 e. The van der Waals surface area contributed by atoms with Gasteiger partial charge in [0.1, 0.15) is 12.1 Å². The van der Waals surface area contributed by atoms with Gasteiger partial charge in [0.25, 0.3) is 0 Å². The van der Waals surface area contributed by atoms with Crippen LogP contribution in [-0.2, 0) is 0 Å². The number of benzene rings is 1. The summed E-state index contributed by atoms with van der Waals surface area (Å²) in [5.41, 5.74) is 1.29. The lowest BCUT2D eigenvalue weighted by Crippen LogP contribution is -2.45. The standard InChI is InChI=1S/C15H18FN5/c1-11-3-4-12(9-13(11)16)14-17-10-18-15(19-14)21-7-5-20(2)6-8-21/h3-4,9-10H,5-8H2,1-2H3. The van der Waals surface area contributed by atoms with E-state index in [-0.39, 0.29) is 5.82 Å². The number of nitrogens with zero attached hydrogens (tertiary/aromatic N) is 5. The van der Waals surface area contributed by atoms with Crippen LogP contribution in [0.25, 0.3) is 11.4 Å². The van der Waals surface area contributed by atoms with Crippen molar-refractivity contribution in [2.24, 2.45) is 0 Å². The topological polar surface area (TPSA) is 45.2 Å². The number of hydrogen-bond acceptors (Lipinski definition) is 5. The molecule has 1 saturated heterocycles. The summed E-state index contributed by atoms with van der Waals surface area (Å²) in [5, 5.41) is 0. The van der Waals surface area contributed by atoms with Gasteiger partial charge < -0.3 is 9.80 Å². The smallest absolute Gasteiger partial charge is 0.228 e. The van der Waals surface area contributed by atoms with Gasteiger partial charge in [0.05, 0.1) is 0 Å². The van der Waals surface area contributed by atoms with E-state index in [1.807, 2.05) is 6.07 Å². The Balaban J connectivity index is 1.87. The van der Waals surface area contributed by atoms with Crippen molar-refractivity contribution in [1.82, 2.24) is 19.9 Å². The average Bonchev–Trinajstić information content (AvgIpc) is 2.51. The van der Waals surface area contributed by atoms with Crippen LogP contribution >= 0.6 is 0 Å². The number of piperazine rings is 1. The first-order valence-electron chi connectivity index (χ1n) is 7.02. The molecule has 3 rings (SSSR count). The maximum absolute atomic E-state index is 13.7. The van der Waals surface area contributed by atoms with Crippen molar-refractivity contribution in [2.45, 2.75) is 6.92 Å². The second-order valence-corrected chi connectivity index (χ2v) is 5.36. The van der Waals surface area contributed by atoms with Crippen LogP contribution in [0.2, 0.25) is 0 Å². The van der Waals surface area contributed by atoms with Gasteiger partial charge >= 0.3 is 0 Å². The number of halogens is 1. The van der Waals surface area contributed by atoms with E-state index in [0.717, 1.165) is 26.2 Å². The molecule has 1 aromatic carbocycles. The van der Waals surface area contributed by atoms with E-state index in [4.69, 9.17) is 0 Å². The minimum absolute atomic E-state index is 0.242. The van der Waals surface area contributed by atoms with E-state index in [1.165, 1.54) is 12.4 Å².